The number of anilines is 2. The van der Waals surface area contributed by atoms with Crippen molar-refractivity contribution >= 4 is 37.6 Å². The highest BCUT2D eigenvalue weighted by Crippen LogP contribution is 2.22. The third-order valence-corrected chi connectivity index (χ3v) is 6.78. The van der Waals surface area contributed by atoms with Gasteiger partial charge in [-0.3, -0.25) is 9.52 Å². The van der Waals surface area contributed by atoms with Gasteiger partial charge in [-0.15, -0.1) is 0 Å². The fraction of sp³-hybridized carbons (Fsp3) is 0.364. The van der Waals surface area contributed by atoms with Gasteiger partial charge in [-0.25, -0.2) is 16.8 Å². The summed E-state index contributed by atoms with van der Waals surface area (Å²) < 4.78 is 49.1. The minimum absolute atomic E-state index is 0.0965. The minimum Gasteiger partial charge on any atom is -0.329 e. The minimum atomic E-state index is -3.73. The highest BCUT2D eigenvalue weighted by molar-refractivity contribution is 7.97. The Hall–Kier alpha value is -1.61. The van der Waals surface area contributed by atoms with Crippen LogP contribution in [0.4, 0.5) is 11.4 Å². The number of rotatable bonds is 5. The zero-order valence-corrected chi connectivity index (χ0v) is 12.1. The second kappa shape index (κ2) is 5.41. The summed E-state index contributed by atoms with van der Waals surface area (Å²) in [5.74, 6) is -0.437. The van der Waals surface area contributed by atoms with E-state index in [1.807, 2.05) is 0 Å². The van der Waals surface area contributed by atoms with Gasteiger partial charge in [-0.2, -0.15) is 0 Å². The molecule has 1 aliphatic rings. The Morgan fingerprint density at radius 2 is 1.75 bits per heavy atom. The average Bonchev–Trinajstić information content (AvgIpc) is 2.73. The molecule has 0 saturated carbocycles. The van der Waals surface area contributed by atoms with E-state index in [9.17, 15) is 21.6 Å². The van der Waals surface area contributed by atoms with E-state index in [0.717, 1.165) is 0 Å². The van der Waals surface area contributed by atoms with E-state index in [4.69, 9.17) is 0 Å². The van der Waals surface area contributed by atoms with Crippen LogP contribution in [-0.4, -0.2) is 40.0 Å². The summed E-state index contributed by atoms with van der Waals surface area (Å²) in [6.07, 6.45) is 0.630. The first-order valence-electron chi connectivity index (χ1n) is 5.85. The number of carbonyl (C=O) groups is 1. The molecule has 110 valence electrons. The summed E-state index contributed by atoms with van der Waals surface area (Å²) in [6, 6.07) is 6.06. The van der Waals surface area contributed by atoms with Crippen molar-refractivity contribution in [1.29, 1.82) is 0 Å². The molecule has 2 rings (SSSR count). The van der Waals surface area contributed by atoms with Gasteiger partial charge in [0.15, 0.2) is 9.84 Å². The number of hydrogen-bond donors (Lipinski definition) is 2. The molecule has 20 heavy (non-hydrogen) atoms. The molecule has 0 spiro atoms. The van der Waals surface area contributed by atoms with Crippen molar-refractivity contribution in [2.45, 2.75) is 11.7 Å². The van der Waals surface area contributed by atoms with Gasteiger partial charge in [-0.05, 0) is 30.7 Å². The van der Waals surface area contributed by atoms with Crippen molar-refractivity contribution in [3.05, 3.63) is 24.3 Å². The molecular formula is C11H14N2O5S2. The molecule has 9 heteroatoms. The average molecular weight is 318 g/mol. The van der Waals surface area contributed by atoms with Crippen LogP contribution in [0.5, 0.6) is 0 Å². The van der Waals surface area contributed by atoms with Crippen molar-refractivity contribution in [3.63, 3.8) is 0 Å². The zero-order chi connectivity index (χ0) is 14.8. The standard InChI is InChI=1S/C11H14N2O5S2/c14-8-12-9-1-3-10(4-2-9)13-20(17,18)11-5-6-19(15,16)7-11/h1-4,8,11,13H,5-7H2,(H,12,14). The third kappa shape index (κ3) is 3.48. The molecule has 1 aromatic rings. The lowest BCUT2D eigenvalue weighted by atomic mass is 10.3. The first-order valence-corrected chi connectivity index (χ1v) is 9.21. The van der Waals surface area contributed by atoms with Crippen LogP contribution >= 0.6 is 0 Å². The lowest BCUT2D eigenvalue weighted by Crippen LogP contribution is -2.28. The number of sulfonamides is 1. The van der Waals surface area contributed by atoms with Gasteiger partial charge in [-0.1, -0.05) is 0 Å². The molecule has 1 atom stereocenters. The maximum atomic E-state index is 12.1. The summed E-state index contributed by atoms with van der Waals surface area (Å²) in [4.78, 5) is 10.2. The molecule has 2 N–H and O–H groups in total. The van der Waals surface area contributed by atoms with Gasteiger partial charge in [0, 0.05) is 11.4 Å². The van der Waals surface area contributed by atoms with Crippen LogP contribution in [0.15, 0.2) is 24.3 Å². The number of sulfone groups is 1. The summed E-state index contributed by atoms with van der Waals surface area (Å²) in [6.45, 7) is 0. The first-order chi connectivity index (χ1) is 9.32. The van der Waals surface area contributed by atoms with Crippen LogP contribution in [0.3, 0.4) is 0 Å². The highest BCUT2D eigenvalue weighted by Gasteiger charge is 2.37. The maximum Gasteiger partial charge on any atom is 0.236 e. The van der Waals surface area contributed by atoms with Gasteiger partial charge in [0.05, 0.1) is 16.8 Å². The Kier molecular flexibility index (Phi) is 4.00. The topological polar surface area (TPSA) is 109 Å². The van der Waals surface area contributed by atoms with Crippen LogP contribution in [0.25, 0.3) is 0 Å². The summed E-state index contributed by atoms with van der Waals surface area (Å²) >= 11 is 0. The highest BCUT2D eigenvalue weighted by atomic mass is 32.2. The van der Waals surface area contributed by atoms with E-state index < -0.39 is 25.1 Å². The predicted octanol–water partition coefficient (Wildman–Crippen LogP) is 0.184. The summed E-state index contributed by atoms with van der Waals surface area (Å²) in [5.41, 5.74) is 0.858. The molecule has 0 bridgehead atoms. The second-order valence-corrected chi connectivity index (χ2v) is 8.70. The van der Waals surface area contributed by atoms with Crippen LogP contribution in [0, 0.1) is 0 Å². The predicted molar refractivity (Wildman–Crippen MR) is 75.7 cm³/mol. The SMILES string of the molecule is O=CNc1ccc(NS(=O)(=O)C2CCS(=O)(=O)C2)cc1. The molecule has 1 aliphatic heterocycles. The van der Waals surface area contributed by atoms with E-state index >= 15 is 0 Å². The largest absolute Gasteiger partial charge is 0.329 e. The molecule has 1 heterocycles. The fourth-order valence-corrected chi connectivity index (χ4v) is 6.05. The van der Waals surface area contributed by atoms with Crippen LogP contribution in [0.1, 0.15) is 6.42 Å². The Balaban J connectivity index is 2.10. The van der Waals surface area contributed by atoms with E-state index in [2.05, 4.69) is 10.0 Å². The maximum absolute atomic E-state index is 12.1. The quantitative estimate of drug-likeness (QED) is 0.753. The summed E-state index contributed by atoms with van der Waals surface area (Å²) in [5, 5.41) is 1.51. The number of nitrogens with one attached hydrogen (secondary N) is 2. The molecule has 1 fully saturated rings. The van der Waals surface area contributed by atoms with Crippen LogP contribution in [0.2, 0.25) is 0 Å². The fourth-order valence-electron chi connectivity index (χ4n) is 1.96. The van der Waals surface area contributed by atoms with Gasteiger partial charge in [0.2, 0.25) is 16.4 Å². The Bertz CT molecular complexity index is 695. The first kappa shape index (κ1) is 14.8. The third-order valence-electron chi connectivity index (χ3n) is 3.00. The van der Waals surface area contributed by atoms with Gasteiger partial charge >= 0.3 is 0 Å². The normalized spacial score (nSPS) is 21.3. The van der Waals surface area contributed by atoms with Gasteiger partial charge in [0.1, 0.15) is 0 Å². The molecule has 1 unspecified atom stereocenters. The smallest absolute Gasteiger partial charge is 0.236 e. The van der Waals surface area contributed by atoms with Crippen molar-refractivity contribution in [2.24, 2.45) is 0 Å². The van der Waals surface area contributed by atoms with Crippen LogP contribution in [-0.2, 0) is 24.7 Å². The number of hydrogen-bond acceptors (Lipinski definition) is 5. The lowest BCUT2D eigenvalue weighted by Gasteiger charge is -2.12. The Morgan fingerprint density at radius 3 is 2.25 bits per heavy atom. The number of amides is 1. The molecular weight excluding hydrogens is 304 g/mol. The molecule has 1 saturated heterocycles. The lowest BCUT2D eigenvalue weighted by molar-refractivity contribution is -0.105. The number of benzene rings is 1. The van der Waals surface area contributed by atoms with Crippen molar-refractivity contribution in [2.75, 3.05) is 21.5 Å². The van der Waals surface area contributed by atoms with Gasteiger partial charge in [0.25, 0.3) is 0 Å². The summed E-state index contributed by atoms with van der Waals surface area (Å²) in [7, 11) is -6.98. The molecule has 7 nitrogen and oxygen atoms in total. The molecule has 1 amide bonds. The van der Waals surface area contributed by atoms with Gasteiger partial charge < -0.3 is 5.32 Å². The molecule has 0 aliphatic carbocycles. The van der Waals surface area contributed by atoms with E-state index in [1.165, 1.54) is 24.3 Å². The van der Waals surface area contributed by atoms with Crippen molar-refractivity contribution in [1.82, 2.24) is 0 Å². The second-order valence-electron chi connectivity index (χ2n) is 4.51. The molecule has 0 aromatic heterocycles. The van der Waals surface area contributed by atoms with E-state index in [0.29, 0.717) is 17.8 Å². The Morgan fingerprint density at radius 1 is 1.15 bits per heavy atom. The molecule has 0 radical (unpaired) electrons. The molecule has 1 aromatic carbocycles. The number of carbonyl (C=O) groups excluding carboxylic acids is 1. The van der Waals surface area contributed by atoms with E-state index in [1.54, 1.807) is 0 Å². The van der Waals surface area contributed by atoms with Crippen molar-refractivity contribution < 1.29 is 21.6 Å². The monoisotopic (exact) mass is 318 g/mol. The van der Waals surface area contributed by atoms with Crippen LogP contribution < -0.4 is 10.0 Å². The zero-order valence-electron chi connectivity index (χ0n) is 10.4. The Labute approximate surface area is 117 Å². The van der Waals surface area contributed by atoms with E-state index in [-0.39, 0.29) is 17.9 Å². The van der Waals surface area contributed by atoms with Crippen molar-refractivity contribution in [3.8, 4) is 0 Å².